The lowest BCUT2D eigenvalue weighted by Crippen LogP contribution is -2.42. The van der Waals surface area contributed by atoms with Crippen molar-refractivity contribution in [1.29, 1.82) is 0 Å². The van der Waals surface area contributed by atoms with Gasteiger partial charge in [0.15, 0.2) is 0 Å². The molecule has 0 saturated heterocycles. The van der Waals surface area contributed by atoms with Crippen LogP contribution in [-0.4, -0.2) is 27.5 Å². The Morgan fingerprint density at radius 2 is 1.61 bits per heavy atom. The number of aromatic hydroxyl groups is 1. The standard InChI is InChI=1S/C35H42O3/c1-2-8-22-15-16-26(20-34(22)37)31-21-33(29-14-6-5-13-28(29)31)35(38)32-19-24-10-4-3-9-23(24)18-30(32)25-11-7-12-27(36)17-25/h3-6,9-10,13-16,20,25,27,30-33,35-38H,2,7-8,11-12,17-19,21H2,1H3. The molecule has 200 valence electrons. The van der Waals surface area contributed by atoms with Crippen LogP contribution < -0.4 is 0 Å². The van der Waals surface area contributed by atoms with Gasteiger partial charge in [0.05, 0.1) is 12.2 Å². The van der Waals surface area contributed by atoms with Gasteiger partial charge in [0.1, 0.15) is 5.75 Å². The molecule has 3 aliphatic rings. The van der Waals surface area contributed by atoms with Gasteiger partial charge >= 0.3 is 0 Å². The van der Waals surface area contributed by atoms with Gasteiger partial charge in [-0.1, -0.05) is 80.4 Å². The quantitative estimate of drug-likeness (QED) is 0.338. The summed E-state index contributed by atoms with van der Waals surface area (Å²) in [5, 5.41) is 33.5. The van der Waals surface area contributed by atoms with Crippen molar-refractivity contribution in [2.24, 2.45) is 17.8 Å². The minimum atomic E-state index is -0.438. The van der Waals surface area contributed by atoms with Crippen molar-refractivity contribution in [2.75, 3.05) is 0 Å². The highest BCUT2D eigenvalue weighted by Crippen LogP contribution is 2.51. The third-order valence-electron chi connectivity index (χ3n) is 10.0. The van der Waals surface area contributed by atoms with E-state index in [-0.39, 0.29) is 23.9 Å². The topological polar surface area (TPSA) is 60.7 Å². The van der Waals surface area contributed by atoms with E-state index in [9.17, 15) is 15.3 Å². The minimum Gasteiger partial charge on any atom is -0.508 e. The number of phenolic OH excluding ortho intramolecular Hbond substituents is 1. The molecule has 3 nitrogen and oxygen atoms in total. The van der Waals surface area contributed by atoms with Crippen LogP contribution in [0.1, 0.15) is 90.7 Å². The van der Waals surface area contributed by atoms with Crippen molar-refractivity contribution in [3.63, 3.8) is 0 Å². The largest absolute Gasteiger partial charge is 0.508 e. The maximum absolute atomic E-state index is 12.2. The number of fused-ring (bicyclic) bond motifs is 2. The first-order valence-corrected chi connectivity index (χ1v) is 14.9. The Balaban J connectivity index is 1.32. The van der Waals surface area contributed by atoms with E-state index in [2.05, 4.69) is 67.6 Å². The van der Waals surface area contributed by atoms with Crippen molar-refractivity contribution in [3.05, 3.63) is 100 Å². The summed E-state index contributed by atoms with van der Waals surface area (Å²) < 4.78 is 0. The van der Waals surface area contributed by atoms with Gasteiger partial charge < -0.3 is 15.3 Å². The predicted octanol–water partition coefficient (Wildman–Crippen LogP) is 6.91. The number of aryl methyl sites for hydroxylation is 1. The SMILES string of the molecule is CCCc1ccc(C2CC(C(O)C3Cc4ccccc4CC3C3CCCC(O)C3)c3ccccc32)cc1O. The van der Waals surface area contributed by atoms with E-state index in [1.165, 1.54) is 22.3 Å². The van der Waals surface area contributed by atoms with Crippen molar-refractivity contribution < 1.29 is 15.3 Å². The van der Waals surface area contributed by atoms with Crippen LogP contribution >= 0.6 is 0 Å². The molecule has 0 spiro atoms. The molecule has 6 rings (SSSR count). The number of aliphatic hydroxyl groups is 2. The zero-order chi connectivity index (χ0) is 26.2. The summed E-state index contributed by atoms with van der Waals surface area (Å²) in [6, 6.07) is 23.6. The normalized spacial score (nSPS) is 29.4. The van der Waals surface area contributed by atoms with Gasteiger partial charge in [-0.2, -0.15) is 0 Å². The van der Waals surface area contributed by atoms with Gasteiger partial charge in [-0.05, 0) is 102 Å². The van der Waals surface area contributed by atoms with Crippen LogP contribution in [0.25, 0.3) is 0 Å². The molecule has 3 aromatic carbocycles. The van der Waals surface area contributed by atoms with E-state index in [0.29, 0.717) is 17.6 Å². The highest BCUT2D eigenvalue weighted by atomic mass is 16.3. The number of hydrogen-bond donors (Lipinski definition) is 3. The average Bonchev–Trinajstić information content (AvgIpc) is 3.33. The number of rotatable bonds is 6. The molecule has 3 N–H and O–H groups in total. The molecule has 7 unspecified atom stereocenters. The second-order valence-corrected chi connectivity index (χ2v) is 12.2. The summed E-state index contributed by atoms with van der Waals surface area (Å²) in [6.07, 6.45) is 8.04. The highest BCUT2D eigenvalue weighted by molar-refractivity contribution is 5.48. The van der Waals surface area contributed by atoms with Crippen LogP contribution in [0.4, 0.5) is 0 Å². The molecular weight excluding hydrogens is 468 g/mol. The van der Waals surface area contributed by atoms with Crippen molar-refractivity contribution in [1.82, 2.24) is 0 Å². The van der Waals surface area contributed by atoms with E-state index in [1.807, 2.05) is 6.07 Å². The number of hydrogen-bond acceptors (Lipinski definition) is 3. The fourth-order valence-electron chi connectivity index (χ4n) is 8.14. The van der Waals surface area contributed by atoms with Crippen molar-refractivity contribution >= 4 is 0 Å². The van der Waals surface area contributed by atoms with E-state index < -0.39 is 6.10 Å². The van der Waals surface area contributed by atoms with Gasteiger partial charge in [-0.15, -0.1) is 0 Å². The molecule has 0 bridgehead atoms. The molecule has 1 fully saturated rings. The molecule has 3 heteroatoms. The van der Waals surface area contributed by atoms with Gasteiger partial charge in [-0.25, -0.2) is 0 Å². The fourth-order valence-corrected chi connectivity index (χ4v) is 8.14. The lowest BCUT2D eigenvalue weighted by atomic mass is 9.63. The minimum absolute atomic E-state index is 0.0694. The molecule has 7 atom stereocenters. The molecule has 0 aromatic heterocycles. The number of benzene rings is 3. The predicted molar refractivity (Wildman–Crippen MR) is 153 cm³/mol. The van der Waals surface area contributed by atoms with Crippen LogP contribution in [0, 0.1) is 17.8 Å². The summed E-state index contributed by atoms with van der Waals surface area (Å²) in [4.78, 5) is 0. The molecular formula is C35H42O3. The first-order chi connectivity index (χ1) is 18.5. The smallest absolute Gasteiger partial charge is 0.119 e. The molecule has 3 aliphatic carbocycles. The molecule has 3 aromatic rings. The summed E-state index contributed by atoms with van der Waals surface area (Å²) in [7, 11) is 0. The van der Waals surface area contributed by atoms with E-state index in [0.717, 1.165) is 68.9 Å². The van der Waals surface area contributed by atoms with Crippen LogP contribution in [0.3, 0.4) is 0 Å². The molecule has 1 saturated carbocycles. The molecule has 0 aliphatic heterocycles. The maximum Gasteiger partial charge on any atom is 0.119 e. The Bertz CT molecular complexity index is 1270. The third-order valence-corrected chi connectivity index (χ3v) is 10.0. The monoisotopic (exact) mass is 510 g/mol. The van der Waals surface area contributed by atoms with E-state index >= 15 is 0 Å². The molecule has 0 radical (unpaired) electrons. The number of phenols is 1. The second-order valence-electron chi connectivity index (χ2n) is 12.2. The van der Waals surface area contributed by atoms with Gasteiger partial charge in [-0.3, -0.25) is 0 Å². The van der Waals surface area contributed by atoms with E-state index in [4.69, 9.17) is 0 Å². The Kier molecular flexibility index (Phi) is 7.33. The summed E-state index contributed by atoms with van der Waals surface area (Å²) >= 11 is 0. The first-order valence-electron chi connectivity index (χ1n) is 14.9. The lowest BCUT2D eigenvalue weighted by molar-refractivity contribution is -0.000368. The average molecular weight is 511 g/mol. The first kappa shape index (κ1) is 25.6. The van der Waals surface area contributed by atoms with Crippen LogP contribution in [0.15, 0.2) is 66.7 Å². The van der Waals surface area contributed by atoms with Crippen LogP contribution in [-0.2, 0) is 19.3 Å². The Hall–Kier alpha value is -2.62. The van der Waals surface area contributed by atoms with Crippen molar-refractivity contribution in [3.8, 4) is 5.75 Å². The summed E-state index contributed by atoms with van der Waals surface area (Å²) in [5.41, 5.74) is 7.52. The second kappa shape index (κ2) is 10.9. The van der Waals surface area contributed by atoms with Gasteiger partial charge in [0, 0.05) is 11.8 Å². The fraction of sp³-hybridized carbons (Fsp3) is 0.486. The lowest BCUT2D eigenvalue weighted by Gasteiger charge is -2.44. The number of aliphatic hydroxyl groups excluding tert-OH is 2. The van der Waals surface area contributed by atoms with E-state index in [1.54, 1.807) is 0 Å². The van der Waals surface area contributed by atoms with Crippen LogP contribution in [0.5, 0.6) is 5.75 Å². The van der Waals surface area contributed by atoms with Gasteiger partial charge in [0.2, 0.25) is 0 Å². The molecule has 0 amide bonds. The third kappa shape index (κ3) is 4.80. The zero-order valence-electron chi connectivity index (χ0n) is 22.6. The maximum atomic E-state index is 12.2. The highest BCUT2D eigenvalue weighted by Gasteiger charge is 2.45. The molecule has 38 heavy (non-hydrogen) atoms. The van der Waals surface area contributed by atoms with Gasteiger partial charge in [0.25, 0.3) is 0 Å². The Morgan fingerprint density at radius 3 is 2.34 bits per heavy atom. The Labute approximate surface area is 227 Å². The van der Waals surface area contributed by atoms with Crippen molar-refractivity contribution in [2.45, 2.75) is 88.8 Å². The molecule has 0 heterocycles. The van der Waals surface area contributed by atoms with Crippen LogP contribution in [0.2, 0.25) is 0 Å². The summed E-state index contributed by atoms with van der Waals surface area (Å²) in [5.74, 6) is 1.67. The zero-order valence-corrected chi connectivity index (χ0v) is 22.6. The summed E-state index contributed by atoms with van der Waals surface area (Å²) in [6.45, 7) is 2.14. The Morgan fingerprint density at radius 1 is 0.868 bits per heavy atom.